The number of amides is 1. The second-order valence-corrected chi connectivity index (χ2v) is 6.43. The van der Waals surface area contributed by atoms with Crippen LogP contribution in [0.5, 0.6) is 11.5 Å². The molecule has 0 aliphatic rings. The molecule has 0 spiro atoms. The largest absolute Gasteiger partial charge is 0.496 e. The second kappa shape index (κ2) is 8.54. The molecule has 5 heteroatoms. The number of carbonyl (C=O) groups excluding carboxylic acids is 1. The lowest BCUT2D eigenvalue weighted by atomic mass is 10.2. The minimum atomic E-state index is -0.218. The quantitative estimate of drug-likeness (QED) is 0.599. The lowest BCUT2D eigenvalue weighted by Crippen LogP contribution is -2.13. The Bertz CT molecular complexity index is 897. The monoisotopic (exact) mass is 411 g/mol. The zero-order valence-electron chi connectivity index (χ0n) is 14.2. The molecule has 3 aromatic rings. The molecule has 1 N–H and O–H groups in total. The van der Waals surface area contributed by atoms with E-state index in [9.17, 15) is 4.79 Å². The average Bonchev–Trinajstić information content (AvgIpc) is 2.68. The van der Waals surface area contributed by atoms with Crippen LogP contribution in [0.1, 0.15) is 15.9 Å². The van der Waals surface area contributed by atoms with E-state index in [2.05, 4.69) is 21.2 Å². The Kier molecular flexibility index (Phi) is 5.92. The maximum absolute atomic E-state index is 12.6. The van der Waals surface area contributed by atoms with Gasteiger partial charge < -0.3 is 14.8 Å². The SMILES string of the molecule is COc1ccc(C(=O)Nc2ccccc2OCc2ccccc2)cc1Br. The molecular formula is C21H18BrNO3. The average molecular weight is 412 g/mol. The Morgan fingerprint density at radius 1 is 0.962 bits per heavy atom. The molecule has 132 valence electrons. The highest BCUT2D eigenvalue weighted by Gasteiger charge is 2.12. The summed E-state index contributed by atoms with van der Waals surface area (Å²) in [5, 5.41) is 2.90. The van der Waals surface area contributed by atoms with E-state index in [1.165, 1.54) is 0 Å². The van der Waals surface area contributed by atoms with Gasteiger partial charge in [-0.2, -0.15) is 0 Å². The van der Waals surface area contributed by atoms with Crippen molar-refractivity contribution in [1.82, 2.24) is 0 Å². The van der Waals surface area contributed by atoms with Gasteiger partial charge in [0.1, 0.15) is 18.1 Å². The highest BCUT2D eigenvalue weighted by Crippen LogP contribution is 2.28. The normalized spacial score (nSPS) is 10.2. The highest BCUT2D eigenvalue weighted by atomic mass is 79.9. The fourth-order valence-corrected chi connectivity index (χ4v) is 2.97. The number of methoxy groups -OCH3 is 1. The number of halogens is 1. The fraction of sp³-hybridized carbons (Fsp3) is 0.0952. The van der Waals surface area contributed by atoms with E-state index in [0.29, 0.717) is 29.4 Å². The summed E-state index contributed by atoms with van der Waals surface area (Å²) < 4.78 is 11.8. The third-order valence-corrected chi connectivity index (χ3v) is 4.41. The number of ether oxygens (including phenoxy) is 2. The molecule has 26 heavy (non-hydrogen) atoms. The molecule has 0 saturated heterocycles. The van der Waals surface area contributed by atoms with Gasteiger partial charge in [0.15, 0.2) is 0 Å². The molecule has 0 aliphatic carbocycles. The van der Waals surface area contributed by atoms with Crippen molar-refractivity contribution in [1.29, 1.82) is 0 Å². The molecule has 0 unspecified atom stereocenters. The molecule has 3 rings (SSSR count). The first-order valence-corrected chi connectivity index (χ1v) is 8.87. The molecule has 0 atom stereocenters. The zero-order chi connectivity index (χ0) is 18.4. The Labute approximate surface area is 160 Å². The number of hydrogen-bond donors (Lipinski definition) is 1. The van der Waals surface area contributed by atoms with Gasteiger partial charge in [0.2, 0.25) is 0 Å². The summed E-state index contributed by atoms with van der Waals surface area (Å²) in [6.45, 7) is 0.432. The van der Waals surface area contributed by atoms with Crippen molar-refractivity contribution in [2.24, 2.45) is 0 Å². The van der Waals surface area contributed by atoms with Crippen molar-refractivity contribution in [3.05, 3.63) is 88.4 Å². The summed E-state index contributed by atoms with van der Waals surface area (Å²) in [5.74, 6) is 1.08. The van der Waals surface area contributed by atoms with Gasteiger partial charge in [0, 0.05) is 5.56 Å². The van der Waals surface area contributed by atoms with Gasteiger partial charge in [0.05, 0.1) is 17.3 Å². The topological polar surface area (TPSA) is 47.6 Å². The van der Waals surface area contributed by atoms with Crippen LogP contribution in [0, 0.1) is 0 Å². The van der Waals surface area contributed by atoms with Gasteiger partial charge in [-0.15, -0.1) is 0 Å². The first-order valence-electron chi connectivity index (χ1n) is 8.08. The predicted octanol–water partition coefficient (Wildman–Crippen LogP) is 5.29. The van der Waals surface area contributed by atoms with Crippen molar-refractivity contribution < 1.29 is 14.3 Å². The second-order valence-electron chi connectivity index (χ2n) is 5.57. The van der Waals surface area contributed by atoms with E-state index in [1.54, 1.807) is 25.3 Å². The molecule has 0 aliphatic heterocycles. The van der Waals surface area contributed by atoms with Crippen molar-refractivity contribution in [3.63, 3.8) is 0 Å². The molecule has 0 fully saturated rings. The minimum Gasteiger partial charge on any atom is -0.496 e. The predicted molar refractivity (Wildman–Crippen MR) is 106 cm³/mol. The highest BCUT2D eigenvalue weighted by molar-refractivity contribution is 9.10. The molecule has 1 amide bonds. The molecule has 0 aromatic heterocycles. The van der Waals surface area contributed by atoms with E-state index in [4.69, 9.17) is 9.47 Å². The summed E-state index contributed by atoms with van der Waals surface area (Å²) in [5.41, 5.74) is 2.21. The Morgan fingerprint density at radius 3 is 2.42 bits per heavy atom. The molecule has 3 aromatic carbocycles. The maximum atomic E-state index is 12.6. The Morgan fingerprint density at radius 2 is 1.69 bits per heavy atom. The van der Waals surface area contributed by atoms with Crippen LogP contribution in [-0.2, 0) is 6.61 Å². The van der Waals surface area contributed by atoms with Crippen LogP contribution in [0.2, 0.25) is 0 Å². The first kappa shape index (κ1) is 18.0. The van der Waals surface area contributed by atoms with Gasteiger partial charge in [-0.05, 0) is 51.8 Å². The minimum absolute atomic E-state index is 0.218. The Hall–Kier alpha value is -2.79. The summed E-state index contributed by atoms with van der Waals surface area (Å²) in [6, 6.07) is 22.5. The molecule has 0 saturated carbocycles. The maximum Gasteiger partial charge on any atom is 0.255 e. The van der Waals surface area contributed by atoms with E-state index >= 15 is 0 Å². The number of nitrogens with one attached hydrogen (secondary N) is 1. The number of carbonyl (C=O) groups is 1. The lowest BCUT2D eigenvalue weighted by Gasteiger charge is -2.13. The van der Waals surface area contributed by atoms with Crippen LogP contribution < -0.4 is 14.8 Å². The third-order valence-electron chi connectivity index (χ3n) is 3.79. The van der Waals surface area contributed by atoms with Gasteiger partial charge in [0.25, 0.3) is 5.91 Å². The Balaban J connectivity index is 1.73. The molecular weight excluding hydrogens is 394 g/mol. The summed E-state index contributed by atoms with van der Waals surface area (Å²) >= 11 is 3.40. The van der Waals surface area contributed by atoms with Crippen molar-refractivity contribution in [3.8, 4) is 11.5 Å². The van der Waals surface area contributed by atoms with Crippen LogP contribution >= 0.6 is 15.9 Å². The van der Waals surface area contributed by atoms with Gasteiger partial charge in [-0.3, -0.25) is 4.79 Å². The molecule has 0 heterocycles. The number of benzene rings is 3. The number of para-hydroxylation sites is 2. The third kappa shape index (κ3) is 4.43. The van der Waals surface area contributed by atoms with E-state index in [0.717, 1.165) is 10.0 Å². The van der Waals surface area contributed by atoms with Crippen LogP contribution in [0.25, 0.3) is 0 Å². The van der Waals surface area contributed by atoms with Crippen LogP contribution in [0.4, 0.5) is 5.69 Å². The van der Waals surface area contributed by atoms with Gasteiger partial charge in [-0.25, -0.2) is 0 Å². The van der Waals surface area contributed by atoms with Crippen LogP contribution in [-0.4, -0.2) is 13.0 Å². The molecule has 0 bridgehead atoms. The van der Waals surface area contributed by atoms with Crippen LogP contribution in [0.3, 0.4) is 0 Å². The first-order chi connectivity index (χ1) is 12.7. The standard InChI is InChI=1S/C21H18BrNO3/c1-25-19-12-11-16(13-17(19)22)21(24)23-18-9-5-6-10-20(18)26-14-15-7-3-2-4-8-15/h2-13H,14H2,1H3,(H,23,24). The summed E-state index contributed by atoms with van der Waals surface area (Å²) in [4.78, 5) is 12.6. The van der Waals surface area contributed by atoms with Crippen molar-refractivity contribution in [2.45, 2.75) is 6.61 Å². The van der Waals surface area contributed by atoms with Gasteiger partial charge in [-0.1, -0.05) is 42.5 Å². The smallest absolute Gasteiger partial charge is 0.255 e. The molecule has 0 radical (unpaired) electrons. The fourth-order valence-electron chi connectivity index (χ4n) is 2.43. The van der Waals surface area contributed by atoms with Gasteiger partial charge >= 0.3 is 0 Å². The summed E-state index contributed by atoms with van der Waals surface area (Å²) in [7, 11) is 1.58. The van der Waals surface area contributed by atoms with Crippen molar-refractivity contribution in [2.75, 3.05) is 12.4 Å². The summed E-state index contributed by atoms with van der Waals surface area (Å²) in [6.07, 6.45) is 0. The number of rotatable bonds is 6. The molecule has 4 nitrogen and oxygen atoms in total. The number of hydrogen-bond acceptors (Lipinski definition) is 3. The van der Waals surface area contributed by atoms with Crippen molar-refractivity contribution >= 4 is 27.5 Å². The van der Waals surface area contributed by atoms with E-state index in [1.807, 2.05) is 54.6 Å². The van der Waals surface area contributed by atoms with E-state index < -0.39 is 0 Å². The van der Waals surface area contributed by atoms with E-state index in [-0.39, 0.29) is 5.91 Å². The number of anilines is 1. The lowest BCUT2D eigenvalue weighted by molar-refractivity contribution is 0.102. The van der Waals surface area contributed by atoms with Crippen LogP contribution in [0.15, 0.2) is 77.3 Å². The zero-order valence-corrected chi connectivity index (χ0v) is 15.8.